The monoisotopic (exact) mass is 325 g/mol. The van der Waals surface area contributed by atoms with E-state index in [1.165, 1.54) is 57.8 Å². The first-order valence-corrected chi connectivity index (χ1v) is 10.2. The summed E-state index contributed by atoms with van der Waals surface area (Å²) in [6.07, 6.45) is 17.2. The van der Waals surface area contributed by atoms with E-state index in [-0.39, 0.29) is 5.54 Å². The van der Waals surface area contributed by atoms with E-state index in [9.17, 15) is 0 Å². The SMILES string of the molecule is C/C=C\CCC[C@@H]1CCc2cc([C@H]3CC[C@](N)(CC)C3)ccc2C1. The Morgan fingerprint density at radius 1 is 1.25 bits per heavy atom. The molecule has 0 heterocycles. The zero-order valence-corrected chi connectivity index (χ0v) is 15.7. The van der Waals surface area contributed by atoms with E-state index in [0.29, 0.717) is 5.92 Å². The van der Waals surface area contributed by atoms with E-state index >= 15 is 0 Å². The van der Waals surface area contributed by atoms with E-state index in [4.69, 9.17) is 5.73 Å². The van der Waals surface area contributed by atoms with Crippen molar-refractivity contribution in [2.45, 2.75) is 89.5 Å². The molecule has 2 N–H and O–H groups in total. The van der Waals surface area contributed by atoms with E-state index in [1.54, 1.807) is 16.7 Å². The number of nitrogens with two attached hydrogens (primary N) is 1. The molecule has 1 heteroatoms. The molecule has 1 fully saturated rings. The summed E-state index contributed by atoms with van der Waals surface area (Å²) in [5.41, 5.74) is 11.4. The lowest BCUT2D eigenvalue weighted by molar-refractivity contribution is 0.414. The van der Waals surface area contributed by atoms with Crippen LogP contribution in [-0.2, 0) is 12.8 Å². The van der Waals surface area contributed by atoms with Gasteiger partial charge in [0.15, 0.2) is 0 Å². The minimum Gasteiger partial charge on any atom is -0.325 e. The average Bonchev–Trinajstić information content (AvgIpc) is 3.01. The van der Waals surface area contributed by atoms with Crippen LogP contribution in [0.3, 0.4) is 0 Å². The number of unbranched alkanes of at least 4 members (excludes halogenated alkanes) is 1. The topological polar surface area (TPSA) is 26.0 Å². The van der Waals surface area contributed by atoms with E-state index in [0.717, 1.165) is 12.3 Å². The first-order valence-electron chi connectivity index (χ1n) is 10.2. The number of benzene rings is 1. The number of hydrogen-bond acceptors (Lipinski definition) is 1. The van der Waals surface area contributed by atoms with Gasteiger partial charge in [0.1, 0.15) is 0 Å². The largest absolute Gasteiger partial charge is 0.325 e. The molecule has 0 radical (unpaired) electrons. The lowest BCUT2D eigenvalue weighted by atomic mass is 9.79. The highest BCUT2D eigenvalue weighted by Crippen LogP contribution is 2.42. The van der Waals surface area contributed by atoms with Crippen molar-refractivity contribution in [2.75, 3.05) is 0 Å². The van der Waals surface area contributed by atoms with Crippen molar-refractivity contribution < 1.29 is 0 Å². The normalized spacial score (nSPS) is 30.0. The highest BCUT2D eigenvalue weighted by atomic mass is 14.8. The molecule has 1 nitrogen and oxygen atoms in total. The van der Waals surface area contributed by atoms with Crippen molar-refractivity contribution in [3.63, 3.8) is 0 Å². The molecule has 24 heavy (non-hydrogen) atoms. The summed E-state index contributed by atoms with van der Waals surface area (Å²) < 4.78 is 0. The van der Waals surface area contributed by atoms with Crippen LogP contribution < -0.4 is 5.73 Å². The Bertz CT molecular complexity index is 573. The number of allylic oxidation sites excluding steroid dienone is 2. The van der Waals surface area contributed by atoms with Gasteiger partial charge in [0, 0.05) is 5.54 Å². The first kappa shape index (κ1) is 17.7. The Morgan fingerprint density at radius 2 is 2.12 bits per heavy atom. The van der Waals surface area contributed by atoms with Crippen LogP contribution in [0.1, 0.15) is 87.8 Å². The zero-order valence-electron chi connectivity index (χ0n) is 15.7. The van der Waals surface area contributed by atoms with E-state index in [1.807, 2.05) is 0 Å². The Hall–Kier alpha value is -1.08. The third-order valence-corrected chi connectivity index (χ3v) is 6.60. The predicted molar refractivity (Wildman–Crippen MR) is 104 cm³/mol. The highest BCUT2D eigenvalue weighted by Gasteiger charge is 2.35. The molecule has 0 bridgehead atoms. The molecule has 0 amide bonds. The molecule has 0 spiro atoms. The fraction of sp³-hybridized carbons (Fsp3) is 0.652. The molecular formula is C23H35N. The molecule has 0 aromatic heterocycles. The van der Waals surface area contributed by atoms with Gasteiger partial charge in [-0.05, 0) is 99.7 Å². The molecule has 3 atom stereocenters. The summed E-state index contributed by atoms with van der Waals surface area (Å²) in [6, 6.07) is 7.37. The van der Waals surface area contributed by atoms with Crippen LogP contribution in [0.25, 0.3) is 0 Å². The number of rotatable bonds is 6. The van der Waals surface area contributed by atoms with Gasteiger partial charge in [0.2, 0.25) is 0 Å². The van der Waals surface area contributed by atoms with Crippen molar-refractivity contribution in [3.8, 4) is 0 Å². The molecule has 3 rings (SSSR count). The fourth-order valence-corrected chi connectivity index (χ4v) is 4.80. The molecule has 0 saturated heterocycles. The van der Waals surface area contributed by atoms with Gasteiger partial charge in [0.25, 0.3) is 0 Å². The summed E-state index contributed by atoms with van der Waals surface area (Å²) in [5, 5.41) is 0. The summed E-state index contributed by atoms with van der Waals surface area (Å²) in [6.45, 7) is 4.36. The van der Waals surface area contributed by atoms with Gasteiger partial charge in [0.05, 0.1) is 0 Å². The van der Waals surface area contributed by atoms with Gasteiger partial charge in [-0.25, -0.2) is 0 Å². The second-order valence-electron chi connectivity index (χ2n) is 8.29. The van der Waals surface area contributed by atoms with Crippen LogP contribution in [0.2, 0.25) is 0 Å². The van der Waals surface area contributed by atoms with Crippen LogP contribution in [0, 0.1) is 5.92 Å². The number of fused-ring (bicyclic) bond motifs is 1. The lowest BCUT2D eigenvalue weighted by Gasteiger charge is -2.26. The standard InChI is InChI=1S/C23H35N/c1-3-5-6-7-8-18-9-10-20-16-21(12-11-19(20)15-18)22-13-14-23(24,4-2)17-22/h3,5,11-12,16,18,22H,4,6-10,13-15,17,24H2,1-2H3/b5-3-/t18-,22+,23-/m1/s1. The van der Waals surface area contributed by atoms with Crippen LogP contribution >= 0.6 is 0 Å². The second-order valence-corrected chi connectivity index (χ2v) is 8.29. The van der Waals surface area contributed by atoms with Gasteiger partial charge in [-0.3, -0.25) is 0 Å². The Labute approximate surface area is 148 Å². The van der Waals surface area contributed by atoms with Crippen molar-refractivity contribution in [3.05, 3.63) is 47.0 Å². The van der Waals surface area contributed by atoms with Crippen LogP contribution in [0.5, 0.6) is 0 Å². The molecule has 2 aliphatic carbocycles. The number of hydrogen-bond donors (Lipinski definition) is 1. The highest BCUT2D eigenvalue weighted by molar-refractivity contribution is 5.36. The predicted octanol–water partition coefficient (Wildman–Crippen LogP) is 5.91. The van der Waals surface area contributed by atoms with Crippen molar-refractivity contribution in [1.82, 2.24) is 0 Å². The summed E-state index contributed by atoms with van der Waals surface area (Å²) in [4.78, 5) is 0. The molecular weight excluding hydrogens is 290 g/mol. The maximum atomic E-state index is 6.51. The molecule has 1 aromatic carbocycles. The Kier molecular flexibility index (Phi) is 5.81. The molecule has 2 aliphatic rings. The quantitative estimate of drug-likeness (QED) is 0.510. The van der Waals surface area contributed by atoms with Crippen molar-refractivity contribution in [2.24, 2.45) is 11.7 Å². The zero-order chi connectivity index (χ0) is 17.0. The van der Waals surface area contributed by atoms with Crippen LogP contribution in [-0.4, -0.2) is 5.54 Å². The summed E-state index contributed by atoms with van der Waals surface area (Å²) in [5.74, 6) is 1.59. The smallest absolute Gasteiger partial charge is 0.0157 e. The molecule has 0 unspecified atom stereocenters. The molecule has 0 aliphatic heterocycles. The van der Waals surface area contributed by atoms with Gasteiger partial charge >= 0.3 is 0 Å². The second kappa shape index (κ2) is 7.87. The third-order valence-electron chi connectivity index (χ3n) is 6.60. The Morgan fingerprint density at radius 3 is 2.88 bits per heavy atom. The van der Waals surface area contributed by atoms with E-state index in [2.05, 4.69) is 44.2 Å². The van der Waals surface area contributed by atoms with Gasteiger partial charge in [-0.2, -0.15) is 0 Å². The van der Waals surface area contributed by atoms with Gasteiger partial charge in [-0.15, -0.1) is 0 Å². The van der Waals surface area contributed by atoms with Crippen LogP contribution in [0.4, 0.5) is 0 Å². The number of aryl methyl sites for hydroxylation is 1. The lowest BCUT2D eigenvalue weighted by Crippen LogP contribution is -2.35. The van der Waals surface area contributed by atoms with Crippen molar-refractivity contribution in [1.29, 1.82) is 0 Å². The Balaban J connectivity index is 1.60. The minimum atomic E-state index is 0.0958. The van der Waals surface area contributed by atoms with Crippen LogP contribution in [0.15, 0.2) is 30.4 Å². The van der Waals surface area contributed by atoms with Crippen molar-refractivity contribution >= 4 is 0 Å². The molecule has 1 saturated carbocycles. The van der Waals surface area contributed by atoms with Gasteiger partial charge in [-0.1, -0.05) is 37.3 Å². The minimum absolute atomic E-state index is 0.0958. The fourth-order valence-electron chi connectivity index (χ4n) is 4.80. The first-order chi connectivity index (χ1) is 11.6. The summed E-state index contributed by atoms with van der Waals surface area (Å²) in [7, 11) is 0. The van der Waals surface area contributed by atoms with E-state index < -0.39 is 0 Å². The maximum Gasteiger partial charge on any atom is 0.0157 e. The third kappa shape index (κ3) is 4.11. The maximum absolute atomic E-state index is 6.51. The summed E-state index contributed by atoms with van der Waals surface area (Å²) >= 11 is 0. The average molecular weight is 326 g/mol. The molecule has 132 valence electrons. The molecule has 1 aromatic rings. The van der Waals surface area contributed by atoms with Gasteiger partial charge < -0.3 is 5.73 Å².